The largest absolute Gasteiger partial charge is 0.261 e. The molecule has 0 unspecified atom stereocenters. The van der Waals surface area contributed by atoms with E-state index < -0.39 is 34.6 Å². The van der Waals surface area contributed by atoms with Gasteiger partial charge in [0.25, 0.3) is 0 Å². The molecule has 0 aliphatic heterocycles. The van der Waals surface area contributed by atoms with Crippen LogP contribution in [0.4, 0.5) is 27.8 Å². The van der Waals surface area contributed by atoms with E-state index >= 15 is 0 Å². The Morgan fingerprint density at radius 3 is 2.09 bits per heavy atom. The van der Waals surface area contributed by atoms with Crippen molar-refractivity contribution in [3.05, 3.63) is 51.7 Å². The van der Waals surface area contributed by atoms with Crippen LogP contribution in [0.5, 0.6) is 0 Å². The van der Waals surface area contributed by atoms with E-state index in [1.165, 1.54) is 13.0 Å². The molecule has 0 bridgehead atoms. The fourth-order valence-electron chi connectivity index (χ4n) is 1.49. The summed E-state index contributed by atoms with van der Waals surface area (Å²) in [6.45, 7) is 1.53. The molecule has 0 atom stereocenters. The molecular weight excluding hydrogens is 331 g/mol. The maximum Gasteiger partial charge on any atom is 0.200 e. The summed E-state index contributed by atoms with van der Waals surface area (Å²) >= 11 is 5.65. The first kappa shape index (κ1) is 16.1. The number of hydrogen-bond acceptors (Lipinski definition) is 4. The molecule has 1 aromatic heterocycles. The zero-order chi connectivity index (χ0) is 16.4. The van der Waals surface area contributed by atoms with Gasteiger partial charge in [-0.1, -0.05) is 11.6 Å². The fourth-order valence-corrected chi connectivity index (χ4v) is 1.71. The highest BCUT2D eigenvalue weighted by Gasteiger charge is 2.24. The molecule has 0 saturated heterocycles. The fraction of sp³-hybridized carbons (Fsp3) is 0.0833. The molecule has 0 saturated carbocycles. The minimum absolute atomic E-state index is 0.0811. The number of rotatable bonds is 3. The summed E-state index contributed by atoms with van der Waals surface area (Å²) in [7, 11) is 0. The number of aryl methyl sites for hydroxylation is 1. The second-order valence-electron chi connectivity index (χ2n) is 3.98. The van der Waals surface area contributed by atoms with E-state index in [1.807, 2.05) is 0 Å². The van der Waals surface area contributed by atoms with E-state index in [2.05, 4.69) is 20.5 Å². The van der Waals surface area contributed by atoms with Crippen molar-refractivity contribution in [1.29, 1.82) is 0 Å². The molecule has 0 spiro atoms. The number of nitrogens with one attached hydrogen (secondary N) is 1. The highest BCUT2D eigenvalue weighted by atomic mass is 35.5. The number of anilines is 1. The first-order valence-electron chi connectivity index (χ1n) is 5.63. The Balaban J connectivity index is 2.31. The van der Waals surface area contributed by atoms with E-state index in [1.54, 1.807) is 0 Å². The molecule has 4 nitrogen and oxygen atoms in total. The number of halogens is 6. The second-order valence-corrected chi connectivity index (χ2v) is 4.36. The Labute approximate surface area is 125 Å². The molecular formula is C12H6ClF5N4. The average Bonchev–Trinajstić information content (AvgIpc) is 2.46. The normalized spacial score (nSPS) is 11.2. The van der Waals surface area contributed by atoms with Crippen LogP contribution in [-0.4, -0.2) is 16.2 Å². The van der Waals surface area contributed by atoms with Gasteiger partial charge in [0.1, 0.15) is 11.0 Å². The van der Waals surface area contributed by atoms with Gasteiger partial charge < -0.3 is 0 Å². The van der Waals surface area contributed by atoms with E-state index in [9.17, 15) is 22.0 Å². The van der Waals surface area contributed by atoms with Gasteiger partial charge >= 0.3 is 0 Å². The lowest BCUT2D eigenvalue weighted by Crippen LogP contribution is -2.07. The van der Waals surface area contributed by atoms with Gasteiger partial charge in [0, 0.05) is 6.07 Å². The molecule has 2 aromatic rings. The summed E-state index contributed by atoms with van der Waals surface area (Å²) in [5.41, 5.74) is 1.06. The number of hydrogen-bond donors (Lipinski definition) is 1. The number of aromatic nitrogens is 2. The maximum absolute atomic E-state index is 13.4. The quantitative estimate of drug-likeness (QED) is 0.233. The molecule has 10 heteroatoms. The predicted molar refractivity (Wildman–Crippen MR) is 69.2 cm³/mol. The van der Waals surface area contributed by atoms with Crippen LogP contribution < -0.4 is 5.43 Å². The molecule has 1 aromatic carbocycles. The van der Waals surface area contributed by atoms with E-state index in [0.717, 1.165) is 0 Å². The third-order valence-electron chi connectivity index (χ3n) is 2.42. The molecule has 1 heterocycles. The van der Waals surface area contributed by atoms with Crippen molar-refractivity contribution in [3.63, 3.8) is 0 Å². The van der Waals surface area contributed by atoms with Gasteiger partial charge in [-0.05, 0) is 6.92 Å². The van der Waals surface area contributed by atoms with Crippen molar-refractivity contribution in [3.8, 4) is 0 Å². The number of benzene rings is 1. The Morgan fingerprint density at radius 1 is 1.00 bits per heavy atom. The van der Waals surface area contributed by atoms with Crippen molar-refractivity contribution in [2.75, 3.05) is 5.43 Å². The van der Waals surface area contributed by atoms with Crippen molar-refractivity contribution >= 4 is 23.6 Å². The van der Waals surface area contributed by atoms with Crippen LogP contribution >= 0.6 is 11.6 Å². The van der Waals surface area contributed by atoms with Crippen LogP contribution in [0.3, 0.4) is 0 Å². The summed E-state index contributed by atoms with van der Waals surface area (Å²) in [6, 6.07) is 1.25. The minimum Gasteiger partial charge on any atom is -0.261 e. The Morgan fingerprint density at radius 2 is 1.55 bits per heavy atom. The molecule has 22 heavy (non-hydrogen) atoms. The van der Waals surface area contributed by atoms with Crippen molar-refractivity contribution in [2.24, 2.45) is 5.10 Å². The lowest BCUT2D eigenvalue weighted by Gasteiger charge is -2.04. The molecule has 1 N–H and O–H groups in total. The Bertz CT molecular complexity index is 716. The summed E-state index contributed by atoms with van der Waals surface area (Å²) < 4.78 is 65.5. The van der Waals surface area contributed by atoms with Crippen LogP contribution in [0.1, 0.15) is 11.4 Å². The van der Waals surface area contributed by atoms with Gasteiger partial charge in [-0.25, -0.2) is 31.9 Å². The molecule has 2 rings (SSSR count). The number of nitrogens with zero attached hydrogens (tertiary/aromatic N) is 3. The van der Waals surface area contributed by atoms with Gasteiger partial charge in [-0.15, -0.1) is 0 Å². The summed E-state index contributed by atoms with van der Waals surface area (Å²) in [5, 5.41) is 3.45. The monoisotopic (exact) mass is 336 g/mol. The van der Waals surface area contributed by atoms with Gasteiger partial charge in [-0.3, -0.25) is 5.43 Å². The van der Waals surface area contributed by atoms with Crippen molar-refractivity contribution < 1.29 is 22.0 Å². The zero-order valence-electron chi connectivity index (χ0n) is 10.8. The number of hydrazone groups is 1. The Kier molecular flexibility index (Phi) is 4.55. The van der Waals surface area contributed by atoms with Gasteiger partial charge in [0.2, 0.25) is 5.82 Å². The van der Waals surface area contributed by atoms with Gasteiger partial charge in [0.15, 0.2) is 29.1 Å². The first-order chi connectivity index (χ1) is 10.3. The van der Waals surface area contributed by atoms with Crippen LogP contribution in [0.2, 0.25) is 5.15 Å². The van der Waals surface area contributed by atoms with Crippen molar-refractivity contribution in [1.82, 2.24) is 9.97 Å². The second kappa shape index (κ2) is 6.22. The van der Waals surface area contributed by atoms with E-state index in [-0.39, 0.29) is 11.0 Å². The molecule has 0 fully saturated rings. The Hall–Kier alpha value is -2.29. The molecule has 0 aliphatic carbocycles. The summed E-state index contributed by atoms with van der Waals surface area (Å²) in [5.74, 6) is -9.95. The minimum atomic E-state index is -2.24. The third-order valence-corrected chi connectivity index (χ3v) is 2.62. The van der Waals surface area contributed by atoms with Crippen LogP contribution in [0.25, 0.3) is 0 Å². The zero-order valence-corrected chi connectivity index (χ0v) is 11.5. The smallest absolute Gasteiger partial charge is 0.200 e. The first-order valence-corrected chi connectivity index (χ1v) is 6.00. The summed E-state index contributed by atoms with van der Waals surface area (Å²) in [6.07, 6.45) is 0.446. The van der Waals surface area contributed by atoms with Crippen molar-refractivity contribution in [2.45, 2.75) is 6.92 Å². The molecule has 0 amide bonds. The van der Waals surface area contributed by atoms with Crippen LogP contribution in [0, 0.1) is 36.0 Å². The average molecular weight is 337 g/mol. The van der Waals surface area contributed by atoms with E-state index in [0.29, 0.717) is 12.0 Å². The molecule has 0 aliphatic rings. The lowest BCUT2D eigenvalue weighted by molar-refractivity contribution is 0.377. The third kappa shape index (κ3) is 3.14. The highest BCUT2D eigenvalue weighted by Crippen LogP contribution is 2.21. The van der Waals surface area contributed by atoms with Crippen LogP contribution in [-0.2, 0) is 0 Å². The predicted octanol–water partition coefficient (Wildman–Crippen LogP) is 3.58. The standard InChI is InChI=1S/C12H6ClF5N4/c1-4-20-6(13)2-7(21-4)22-19-3-5-8(14)10(16)12(18)11(17)9(5)15/h2-3H,1H3,(H,20,21,22)/b19-3-. The highest BCUT2D eigenvalue weighted by molar-refractivity contribution is 6.29. The van der Waals surface area contributed by atoms with Crippen LogP contribution in [0.15, 0.2) is 11.2 Å². The van der Waals surface area contributed by atoms with E-state index in [4.69, 9.17) is 11.6 Å². The summed E-state index contributed by atoms with van der Waals surface area (Å²) in [4.78, 5) is 7.61. The SMILES string of the molecule is Cc1nc(Cl)cc(N/N=C\c2c(F)c(F)c(F)c(F)c2F)n1. The molecule has 116 valence electrons. The van der Waals surface area contributed by atoms with Gasteiger partial charge in [-0.2, -0.15) is 5.10 Å². The molecule has 0 radical (unpaired) electrons. The van der Waals surface area contributed by atoms with Gasteiger partial charge in [0.05, 0.1) is 11.8 Å². The topological polar surface area (TPSA) is 50.2 Å². The lowest BCUT2D eigenvalue weighted by atomic mass is 10.2. The maximum atomic E-state index is 13.4.